The van der Waals surface area contributed by atoms with E-state index in [4.69, 9.17) is 11.6 Å². The second-order valence-electron chi connectivity index (χ2n) is 7.57. The van der Waals surface area contributed by atoms with Crippen LogP contribution in [0.25, 0.3) is 0 Å². The van der Waals surface area contributed by atoms with E-state index in [-0.39, 0.29) is 23.0 Å². The van der Waals surface area contributed by atoms with Crippen LogP contribution in [-0.2, 0) is 31.0 Å². The Morgan fingerprint density at radius 2 is 2.03 bits per heavy atom. The number of hydrogen-bond acceptors (Lipinski definition) is 6. The summed E-state index contributed by atoms with van der Waals surface area (Å²) in [4.78, 5) is 25.8. The normalized spacial score (nSPS) is 14.9. The van der Waals surface area contributed by atoms with Crippen molar-refractivity contribution in [1.82, 2.24) is 14.2 Å². The third kappa shape index (κ3) is 6.34. The van der Waals surface area contributed by atoms with Gasteiger partial charge >= 0.3 is 6.18 Å². The van der Waals surface area contributed by atoms with Crippen LogP contribution in [0.15, 0.2) is 44.9 Å². The molecule has 14 heteroatoms. The highest BCUT2D eigenvalue weighted by molar-refractivity contribution is 14.2. The van der Waals surface area contributed by atoms with Crippen molar-refractivity contribution in [3.63, 3.8) is 0 Å². The summed E-state index contributed by atoms with van der Waals surface area (Å²) in [5, 5.41) is 6.86. The molecule has 2 heterocycles. The second kappa shape index (κ2) is 11.3. The molecule has 1 N–H and O–H groups in total. The molecular weight excluding hydrogens is 624 g/mol. The van der Waals surface area contributed by atoms with E-state index in [0.717, 1.165) is 12.1 Å². The topological polar surface area (TPSA) is 69.9 Å². The molecule has 1 aromatic heterocycles. The summed E-state index contributed by atoms with van der Waals surface area (Å²) in [7, 11) is 3.31. The number of nitrogens with zero attached hydrogens (tertiary/aromatic N) is 4. The number of benzene rings is 1. The van der Waals surface area contributed by atoms with E-state index >= 15 is 0 Å². The SMILES string of the molecule is CN(/N=C\C(=C(\Cl)C=O)N1CCc2c(Nc3ccc(F)cc3C(F)(F)F)cc(=O)n(C)c2C1)PI. The molecule has 1 aliphatic heterocycles. The monoisotopic (exact) mass is 643 g/mol. The summed E-state index contributed by atoms with van der Waals surface area (Å²) in [5.41, 5.74) is -0.267. The summed E-state index contributed by atoms with van der Waals surface area (Å²) in [6, 6.07) is 3.52. The van der Waals surface area contributed by atoms with Crippen molar-refractivity contribution >= 4 is 63.9 Å². The highest BCUT2D eigenvalue weighted by Gasteiger charge is 2.34. The standard InChI is InChI=1S/C21H20ClF4IN5O2P/c1-30-19-10-32(18(15(22)11-33)9-28-31(2)35-27)6-5-13(19)17(8-20(30)34)29-16-4-3-12(23)7-14(16)21(24,25)26/h3-4,7-9,11,29,35H,5-6,10H2,1-2H3/b18-15-,28-9-. The van der Waals surface area contributed by atoms with Gasteiger partial charge in [0.25, 0.3) is 5.56 Å². The van der Waals surface area contributed by atoms with E-state index in [2.05, 4.69) is 32.5 Å². The highest BCUT2D eigenvalue weighted by Crippen LogP contribution is 2.38. The zero-order valence-electron chi connectivity index (χ0n) is 18.5. The van der Waals surface area contributed by atoms with Crippen LogP contribution in [-0.4, -0.2) is 40.3 Å². The first-order chi connectivity index (χ1) is 16.5. The minimum absolute atomic E-state index is 0.0668. The van der Waals surface area contributed by atoms with E-state index < -0.39 is 23.1 Å². The van der Waals surface area contributed by atoms with Crippen LogP contribution >= 0.6 is 40.0 Å². The van der Waals surface area contributed by atoms with Gasteiger partial charge in [0.15, 0.2) is 6.29 Å². The summed E-state index contributed by atoms with van der Waals surface area (Å²) in [5.74, 6) is -1.02. The Bertz CT molecular complexity index is 1250. The zero-order valence-corrected chi connectivity index (χ0v) is 22.4. The van der Waals surface area contributed by atoms with E-state index in [1.807, 2.05) is 0 Å². The third-order valence-electron chi connectivity index (χ3n) is 5.37. The van der Waals surface area contributed by atoms with Crippen LogP contribution in [0.1, 0.15) is 16.8 Å². The van der Waals surface area contributed by atoms with Crippen molar-refractivity contribution in [3.05, 3.63) is 68.0 Å². The molecule has 1 aliphatic rings. The van der Waals surface area contributed by atoms with Crippen molar-refractivity contribution in [2.75, 3.05) is 18.9 Å². The molecular formula is C21H20ClF4IN5O2P. The Kier molecular flexibility index (Phi) is 8.81. The lowest BCUT2D eigenvalue weighted by Crippen LogP contribution is -2.36. The van der Waals surface area contributed by atoms with Crippen LogP contribution in [0.4, 0.5) is 28.9 Å². The average molecular weight is 644 g/mol. The first-order valence-electron chi connectivity index (χ1n) is 10.1. The molecule has 7 nitrogen and oxygen atoms in total. The summed E-state index contributed by atoms with van der Waals surface area (Å²) >= 11 is 8.29. The van der Waals surface area contributed by atoms with Crippen LogP contribution in [0.3, 0.4) is 0 Å². The molecule has 0 amide bonds. The first kappa shape index (κ1) is 27.4. The summed E-state index contributed by atoms with van der Waals surface area (Å²) < 4.78 is 57.0. The number of hydrazone groups is 1. The molecule has 35 heavy (non-hydrogen) atoms. The molecule has 0 fully saturated rings. The van der Waals surface area contributed by atoms with Crippen LogP contribution < -0.4 is 10.9 Å². The van der Waals surface area contributed by atoms with Gasteiger partial charge in [-0.15, -0.1) is 0 Å². The number of nitrogens with one attached hydrogen (secondary N) is 1. The lowest BCUT2D eigenvalue weighted by molar-refractivity contribution is -0.137. The average Bonchev–Trinajstić information content (AvgIpc) is 2.82. The maximum absolute atomic E-state index is 13.5. The highest BCUT2D eigenvalue weighted by atomic mass is 127. The van der Waals surface area contributed by atoms with Gasteiger partial charge in [0.05, 0.1) is 36.1 Å². The molecule has 1 atom stereocenters. The van der Waals surface area contributed by atoms with E-state index in [1.165, 1.54) is 16.8 Å². The lowest BCUT2D eigenvalue weighted by Gasteiger charge is -2.33. The van der Waals surface area contributed by atoms with Gasteiger partial charge in [0.2, 0.25) is 0 Å². The molecule has 2 aromatic rings. The van der Waals surface area contributed by atoms with Gasteiger partial charge in [-0.25, -0.2) is 4.39 Å². The summed E-state index contributed by atoms with van der Waals surface area (Å²) in [6.45, 7) is 0.519. The van der Waals surface area contributed by atoms with Crippen LogP contribution in [0.5, 0.6) is 0 Å². The van der Waals surface area contributed by atoms with Crippen molar-refractivity contribution in [2.45, 2.75) is 19.1 Å². The Labute approximate surface area is 218 Å². The maximum atomic E-state index is 13.5. The van der Waals surface area contributed by atoms with Gasteiger partial charge < -0.3 is 14.8 Å². The number of rotatable bonds is 7. The Morgan fingerprint density at radius 1 is 1.31 bits per heavy atom. The molecule has 0 saturated heterocycles. The smallest absolute Gasteiger partial charge is 0.363 e. The number of hydrogen-bond donors (Lipinski definition) is 1. The number of pyridine rings is 1. The minimum Gasteiger partial charge on any atom is -0.363 e. The quantitative estimate of drug-likeness (QED) is 0.0860. The molecule has 1 aromatic carbocycles. The van der Waals surface area contributed by atoms with Gasteiger partial charge in [0, 0.05) is 38.1 Å². The number of allylic oxidation sites excluding steroid dienone is 2. The third-order valence-corrected chi connectivity index (χ3v) is 8.11. The number of alkyl halides is 3. The predicted octanol–water partition coefficient (Wildman–Crippen LogP) is 5.16. The van der Waals surface area contributed by atoms with Gasteiger partial charge in [-0.3, -0.25) is 14.4 Å². The molecule has 188 valence electrons. The lowest BCUT2D eigenvalue weighted by atomic mass is 10.0. The second-order valence-corrected chi connectivity index (χ2v) is 10.2. The minimum atomic E-state index is -4.79. The Balaban J connectivity index is 2.03. The van der Waals surface area contributed by atoms with Crippen molar-refractivity contribution in [1.29, 1.82) is 0 Å². The fourth-order valence-electron chi connectivity index (χ4n) is 3.63. The molecule has 0 spiro atoms. The number of anilines is 2. The number of halogens is 6. The van der Waals surface area contributed by atoms with Gasteiger partial charge in [-0.05, 0) is 52.2 Å². The largest absolute Gasteiger partial charge is 0.418 e. The van der Waals surface area contributed by atoms with E-state index in [9.17, 15) is 27.2 Å². The molecule has 0 bridgehead atoms. The first-order valence-corrected chi connectivity index (χ1v) is 14.5. The van der Waals surface area contributed by atoms with E-state index in [0.29, 0.717) is 48.6 Å². The van der Waals surface area contributed by atoms with Crippen molar-refractivity contribution in [3.8, 4) is 0 Å². The molecule has 0 aliphatic carbocycles. The van der Waals surface area contributed by atoms with Gasteiger partial charge in [-0.1, -0.05) is 11.6 Å². The molecule has 3 rings (SSSR count). The molecule has 0 radical (unpaired) electrons. The van der Waals surface area contributed by atoms with Crippen LogP contribution in [0, 0.1) is 5.82 Å². The number of carbonyl (C=O) groups excluding carboxylic acids is 1. The molecule has 1 unspecified atom stereocenters. The van der Waals surface area contributed by atoms with Crippen molar-refractivity contribution < 1.29 is 22.4 Å². The molecule has 0 saturated carbocycles. The van der Waals surface area contributed by atoms with E-state index in [1.54, 1.807) is 23.8 Å². The number of carbonyl (C=O) groups is 1. The Morgan fingerprint density at radius 3 is 2.66 bits per heavy atom. The fourth-order valence-corrected chi connectivity index (χ4v) is 4.27. The Hall–Kier alpha value is -2.18. The van der Waals surface area contributed by atoms with Gasteiger partial charge in [-0.2, -0.15) is 18.3 Å². The number of aromatic nitrogens is 1. The van der Waals surface area contributed by atoms with Crippen molar-refractivity contribution in [2.24, 2.45) is 12.1 Å². The van der Waals surface area contributed by atoms with Crippen LogP contribution in [0.2, 0.25) is 0 Å². The number of aldehydes is 1. The number of fused-ring (bicyclic) bond motifs is 1. The maximum Gasteiger partial charge on any atom is 0.418 e. The summed E-state index contributed by atoms with van der Waals surface area (Å²) in [6.07, 6.45) is -2.15. The zero-order chi connectivity index (χ0) is 25.9. The predicted molar refractivity (Wildman–Crippen MR) is 138 cm³/mol. The fraction of sp³-hybridized carbons (Fsp3) is 0.286. The van der Waals surface area contributed by atoms with Gasteiger partial charge in [0.1, 0.15) is 10.8 Å².